The lowest BCUT2D eigenvalue weighted by atomic mass is 10.0. The highest BCUT2D eigenvalue weighted by Crippen LogP contribution is 2.08. The maximum Gasteiger partial charge on any atom is 0.146 e. The maximum atomic E-state index is 11.1. The van der Waals surface area contributed by atoms with Gasteiger partial charge in [-0.2, -0.15) is 0 Å². The van der Waals surface area contributed by atoms with Crippen LogP contribution in [0.15, 0.2) is 0 Å². The van der Waals surface area contributed by atoms with Crippen LogP contribution in [0.4, 0.5) is 0 Å². The SMILES string of the molecule is CCCCCCCCC(NC)C(C)=O. The smallest absolute Gasteiger partial charge is 0.146 e. The predicted molar refractivity (Wildman–Crippen MR) is 61.5 cm³/mol. The highest BCUT2D eigenvalue weighted by atomic mass is 16.1. The fourth-order valence-electron chi connectivity index (χ4n) is 1.68. The third-order valence-electron chi connectivity index (χ3n) is 2.69. The molecule has 0 rings (SSSR count). The number of carbonyl (C=O) groups excluding carboxylic acids is 1. The molecule has 0 saturated carbocycles. The molecular formula is C12H25NO. The Kier molecular flexibility index (Phi) is 8.95. The molecule has 0 aliphatic rings. The van der Waals surface area contributed by atoms with Gasteiger partial charge in [-0.15, -0.1) is 0 Å². The van der Waals surface area contributed by atoms with Crippen LogP contribution in [0.25, 0.3) is 0 Å². The Morgan fingerprint density at radius 2 is 1.71 bits per heavy atom. The zero-order chi connectivity index (χ0) is 10.8. The summed E-state index contributed by atoms with van der Waals surface area (Å²) in [5.41, 5.74) is 0. The second-order valence-corrected chi connectivity index (χ2v) is 4.01. The van der Waals surface area contributed by atoms with Crippen LogP contribution in [0.3, 0.4) is 0 Å². The van der Waals surface area contributed by atoms with Gasteiger partial charge in [0.05, 0.1) is 6.04 Å². The number of carbonyl (C=O) groups is 1. The van der Waals surface area contributed by atoms with E-state index in [1.807, 2.05) is 7.05 Å². The minimum absolute atomic E-state index is 0.0844. The molecule has 2 heteroatoms. The molecule has 0 bridgehead atoms. The number of hydrogen-bond acceptors (Lipinski definition) is 2. The Morgan fingerprint density at radius 1 is 1.14 bits per heavy atom. The first-order valence-electron chi connectivity index (χ1n) is 5.90. The van der Waals surface area contributed by atoms with Gasteiger partial charge in [-0.05, 0) is 20.4 Å². The molecule has 0 aromatic rings. The minimum atomic E-state index is 0.0844. The highest BCUT2D eigenvalue weighted by Gasteiger charge is 2.09. The van der Waals surface area contributed by atoms with Gasteiger partial charge in [-0.25, -0.2) is 0 Å². The van der Waals surface area contributed by atoms with Crippen molar-refractivity contribution in [1.29, 1.82) is 0 Å². The lowest BCUT2D eigenvalue weighted by molar-refractivity contribution is -0.119. The van der Waals surface area contributed by atoms with E-state index >= 15 is 0 Å². The summed E-state index contributed by atoms with van der Waals surface area (Å²) in [7, 11) is 1.86. The van der Waals surface area contributed by atoms with Crippen LogP contribution < -0.4 is 5.32 Å². The number of nitrogens with one attached hydrogen (secondary N) is 1. The molecule has 14 heavy (non-hydrogen) atoms. The van der Waals surface area contributed by atoms with Gasteiger partial charge < -0.3 is 5.32 Å². The van der Waals surface area contributed by atoms with E-state index in [-0.39, 0.29) is 11.8 Å². The zero-order valence-electron chi connectivity index (χ0n) is 9.94. The number of hydrogen-bond donors (Lipinski definition) is 1. The second-order valence-electron chi connectivity index (χ2n) is 4.01. The topological polar surface area (TPSA) is 29.1 Å². The van der Waals surface area contributed by atoms with E-state index in [1.165, 1.54) is 38.5 Å². The molecule has 0 aromatic carbocycles. The summed E-state index contributed by atoms with van der Waals surface area (Å²) in [6, 6.07) is 0.0844. The molecular weight excluding hydrogens is 174 g/mol. The monoisotopic (exact) mass is 199 g/mol. The number of likely N-dealkylation sites (N-methyl/N-ethyl adjacent to an activating group) is 1. The average molecular weight is 199 g/mol. The standard InChI is InChI=1S/C12H25NO/c1-4-5-6-7-8-9-10-12(13-3)11(2)14/h12-13H,4-10H2,1-3H3. The summed E-state index contributed by atoms with van der Waals surface area (Å²) in [6.45, 7) is 3.89. The van der Waals surface area contributed by atoms with E-state index in [1.54, 1.807) is 6.92 Å². The van der Waals surface area contributed by atoms with Crippen LogP contribution in [-0.4, -0.2) is 18.9 Å². The molecule has 1 unspecified atom stereocenters. The first-order valence-corrected chi connectivity index (χ1v) is 5.90. The molecule has 2 nitrogen and oxygen atoms in total. The van der Waals surface area contributed by atoms with E-state index in [4.69, 9.17) is 0 Å². The van der Waals surface area contributed by atoms with Gasteiger partial charge in [-0.3, -0.25) is 4.79 Å². The van der Waals surface area contributed by atoms with Crippen molar-refractivity contribution in [3.63, 3.8) is 0 Å². The Labute approximate surface area is 88.5 Å². The van der Waals surface area contributed by atoms with E-state index in [9.17, 15) is 4.79 Å². The summed E-state index contributed by atoms with van der Waals surface area (Å²) in [4.78, 5) is 11.1. The van der Waals surface area contributed by atoms with Gasteiger partial charge in [0.25, 0.3) is 0 Å². The molecule has 0 saturated heterocycles. The van der Waals surface area contributed by atoms with Gasteiger partial charge in [0.15, 0.2) is 0 Å². The van der Waals surface area contributed by atoms with E-state index in [0.717, 1.165) is 6.42 Å². The third kappa shape index (κ3) is 7.07. The van der Waals surface area contributed by atoms with Crippen molar-refractivity contribution in [2.45, 2.75) is 64.8 Å². The van der Waals surface area contributed by atoms with E-state index in [0.29, 0.717) is 0 Å². The number of rotatable bonds is 9. The summed E-state index contributed by atoms with van der Waals surface area (Å²) in [5.74, 6) is 0.265. The quantitative estimate of drug-likeness (QED) is 0.578. The lowest BCUT2D eigenvalue weighted by Gasteiger charge is -2.11. The molecule has 0 aromatic heterocycles. The molecule has 0 radical (unpaired) electrons. The van der Waals surface area contributed by atoms with Crippen molar-refractivity contribution in [3.05, 3.63) is 0 Å². The Morgan fingerprint density at radius 3 is 2.21 bits per heavy atom. The van der Waals surface area contributed by atoms with Gasteiger partial charge >= 0.3 is 0 Å². The van der Waals surface area contributed by atoms with Crippen LogP contribution in [0.2, 0.25) is 0 Å². The summed E-state index contributed by atoms with van der Waals surface area (Å²) in [5, 5.41) is 3.05. The Balaban J connectivity index is 3.29. The number of Topliss-reactive ketones (excluding diaryl/α,β-unsaturated/α-hetero) is 1. The molecule has 0 aliphatic heterocycles. The van der Waals surface area contributed by atoms with Crippen LogP contribution in [-0.2, 0) is 4.79 Å². The molecule has 0 heterocycles. The minimum Gasteiger partial charge on any atom is -0.311 e. The summed E-state index contributed by atoms with van der Waals surface area (Å²) >= 11 is 0. The van der Waals surface area contributed by atoms with Crippen LogP contribution in [0.5, 0.6) is 0 Å². The molecule has 0 spiro atoms. The molecule has 0 aliphatic carbocycles. The van der Waals surface area contributed by atoms with Crippen molar-refractivity contribution in [3.8, 4) is 0 Å². The molecule has 1 N–H and O–H groups in total. The Bertz CT molecular complexity index is 145. The van der Waals surface area contributed by atoms with E-state index in [2.05, 4.69) is 12.2 Å². The molecule has 0 fully saturated rings. The average Bonchev–Trinajstić information content (AvgIpc) is 2.16. The fourth-order valence-corrected chi connectivity index (χ4v) is 1.68. The fraction of sp³-hybridized carbons (Fsp3) is 0.917. The van der Waals surface area contributed by atoms with E-state index < -0.39 is 0 Å². The second kappa shape index (κ2) is 9.20. The molecule has 0 amide bonds. The highest BCUT2D eigenvalue weighted by molar-refractivity contribution is 5.81. The third-order valence-corrected chi connectivity index (χ3v) is 2.69. The van der Waals surface area contributed by atoms with Gasteiger partial charge in [0.1, 0.15) is 5.78 Å². The number of unbranched alkanes of at least 4 members (excludes halogenated alkanes) is 5. The van der Waals surface area contributed by atoms with Gasteiger partial charge in [0, 0.05) is 0 Å². The first kappa shape index (κ1) is 13.6. The van der Waals surface area contributed by atoms with Crippen LogP contribution in [0.1, 0.15) is 58.8 Å². The van der Waals surface area contributed by atoms with Crippen molar-refractivity contribution < 1.29 is 4.79 Å². The lowest BCUT2D eigenvalue weighted by Crippen LogP contribution is -2.31. The van der Waals surface area contributed by atoms with Crippen molar-refractivity contribution in [2.24, 2.45) is 0 Å². The molecule has 1 atom stereocenters. The maximum absolute atomic E-state index is 11.1. The Hall–Kier alpha value is -0.370. The van der Waals surface area contributed by atoms with Gasteiger partial charge in [0.2, 0.25) is 0 Å². The van der Waals surface area contributed by atoms with Crippen LogP contribution >= 0.6 is 0 Å². The summed E-state index contributed by atoms with van der Waals surface area (Å²) in [6.07, 6.45) is 8.76. The first-order chi connectivity index (χ1) is 6.72. The molecule has 84 valence electrons. The largest absolute Gasteiger partial charge is 0.311 e. The zero-order valence-corrected chi connectivity index (χ0v) is 9.94. The van der Waals surface area contributed by atoms with Crippen molar-refractivity contribution in [2.75, 3.05) is 7.05 Å². The van der Waals surface area contributed by atoms with Gasteiger partial charge in [-0.1, -0.05) is 45.4 Å². The van der Waals surface area contributed by atoms with Crippen molar-refractivity contribution >= 4 is 5.78 Å². The number of ketones is 1. The van der Waals surface area contributed by atoms with Crippen molar-refractivity contribution in [1.82, 2.24) is 5.32 Å². The predicted octanol–water partition coefficient (Wildman–Crippen LogP) is 2.91. The van der Waals surface area contributed by atoms with Crippen LogP contribution in [0, 0.1) is 0 Å². The summed E-state index contributed by atoms with van der Waals surface area (Å²) < 4.78 is 0. The normalized spacial score (nSPS) is 12.8.